The Labute approximate surface area is 189 Å². The monoisotopic (exact) mass is 475 g/mol. The number of carbonyl (C=O) groups is 2. The SMILES string of the molecule is Cc1nc(-c2ncccn2)sc1C(=O)OCC(=O)NCc1ccccc1S(=O)(=O)N(C)C. The molecule has 0 aliphatic carbocycles. The van der Waals surface area contributed by atoms with Crippen LogP contribution in [-0.2, 0) is 26.1 Å². The summed E-state index contributed by atoms with van der Waals surface area (Å²) in [6, 6.07) is 8.03. The van der Waals surface area contributed by atoms with Crippen LogP contribution in [0.5, 0.6) is 0 Å². The Morgan fingerprint density at radius 2 is 1.81 bits per heavy atom. The number of amides is 1. The molecule has 1 aromatic carbocycles. The molecule has 2 aromatic heterocycles. The fraction of sp³-hybridized carbons (Fsp3) is 0.250. The topological polar surface area (TPSA) is 131 Å². The Balaban J connectivity index is 1.60. The smallest absolute Gasteiger partial charge is 0.350 e. The molecule has 0 aliphatic heterocycles. The zero-order valence-electron chi connectivity index (χ0n) is 17.6. The van der Waals surface area contributed by atoms with E-state index >= 15 is 0 Å². The van der Waals surface area contributed by atoms with E-state index in [1.54, 1.807) is 43.6 Å². The van der Waals surface area contributed by atoms with E-state index in [4.69, 9.17) is 4.74 Å². The van der Waals surface area contributed by atoms with Crippen molar-refractivity contribution in [2.24, 2.45) is 0 Å². The largest absolute Gasteiger partial charge is 0.451 e. The summed E-state index contributed by atoms with van der Waals surface area (Å²) >= 11 is 1.08. The lowest BCUT2D eigenvalue weighted by Gasteiger charge is -2.15. The number of carbonyl (C=O) groups excluding carboxylic acids is 2. The van der Waals surface area contributed by atoms with Gasteiger partial charge >= 0.3 is 5.97 Å². The molecule has 168 valence electrons. The number of hydrogen-bond donors (Lipinski definition) is 1. The fourth-order valence-corrected chi connectivity index (χ4v) is 4.65. The van der Waals surface area contributed by atoms with Gasteiger partial charge in [0.1, 0.15) is 4.88 Å². The number of benzene rings is 1. The van der Waals surface area contributed by atoms with E-state index in [1.165, 1.54) is 20.2 Å². The number of nitrogens with zero attached hydrogens (tertiary/aromatic N) is 4. The highest BCUT2D eigenvalue weighted by Crippen LogP contribution is 2.25. The van der Waals surface area contributed by atoms with Crippen molar-refractivity contribution >= 4 is 33.2 Å². The van der Waals surface area contributed by atoms with Crippen LogP contribution < -0.4 is 5.32 Å². The third kappa shape index (κ3) is 5.33. The number of thiazole rings is 1. The van der Waals surface area contributed by atoms with Crippen LogP contribution in [0.1, 0.15) is 20.9 Å². The van der Waals surface area contributed by atoms with Crippen molar-refractivity contribution < 1.29 is 22.7 Å². The van der Waals surface area contributed by atoms with Crippen molar-refractivity contribution in [2.75, 3.05) is 20.7 Å². The molecule has 0 radical (unpaired) electrons. The average molecular weight is 476 g/mol. The Bertz CT molecular complexity index is 1230. The molecule has 12 heteroatoms. The molecule has 32 heavy (non-hydrogen) atoms. The molecule has 10 nitrogen and oxygen atoms in total. The number of rotatable bonds is 8. The van der Waals surface area contributed by atoms with Gasteiger partial charge in [-0.05, 0) is 24.6 Å². The van der Waals surface area contributed by atoms with E-state index in [2.05, 4.69) is 20.3 Å². The van der Waals surface area contributed by atoms with E-state index in [-0.39, 0.29) is 16.3 Å². The van der Waals surface area contributed by atoms with Crippen molar-refractivity contribution in [2.45, 2.75) is 18.4 Å². The Kier molecular flexibility index (Phi) is 7.28. The zero-order chi connectivity index (χ0) is 23.3. The van der Waals surface area contributed by atoms with Crippen LogP contribution in [0.15, 0.2) is 47.6 Å². The van der Waals surface area contributed by atoms with Gasteiger partial charge in [0.2, 0.25) is 10.0 Å². The van der Waals surface area contributed by atoms with E-state index < -0.39 is 28.5 Å². The fourth-order valence-electron chi connectivity index (χ4n) is 2.63. The number of esters is 1. The highest BCUT2D eigenvalue weighted by molar-refractivity contribution is 7.89. The molecule has 1 amide bonds. The Hall–Kier alpha value is -3.22. The molecule has 3 aromatic rings. The van der Waals surface area contributed by atoms with Gasteiger partial charge < -0.3 is 10.1 Å². The minimum absolute atomic E-state index is 0.0330. The van der Waals surface area contributed by atoms with Crippen LogP contribution in [-0.4, -0.2) is 60.3 Å². The van der Waals surface area contributed by atoms with Crippen molar-refractivity contribution in [3.8, 4) is 10.8 Å². The summed E-state index contributed by atoms with van der Waals surface area (Å²) in [5, 5.41) is 3.04. The number of hydrogen-bond acceptors (Lipinski definition) is 9. The number of aryl methyl sites for hydroxylation is 1. The molecule has 0 saturated heterocycles. The summed E-state index contributed by atoms with van der Waals surface area (Å²) in [5.74, 6) is -0.860. The molecule has 0 fully saturated rings. The highest BCUT2D eigenvalue weighted by Gasteiger charge is 2.22. The minimum Gasteiger partial charge on any atom is -0.451 e. The highest BCUT2D eigenvalue weighted by atomic mass is 32.2. The lowest BCUT2D eigenvalue weighted by Crippen LogP contribution is -2.30. The molecule has 0 atom stereocenters. The molecule has 0 unspecified atom stereocenters. The number of nitrogens with one attached hydrogen (secondary N) is 1. The molecule has 3 rings (SSSR count). The van der Waals surface area contributed by atoms with Crippen molar-refractivity contribution in [1.29, 1.82) is 0 Å². The maximum Gasteiger partial charge on any atom is 0.350 e. The minimum atomic E-state index is -3.66. The normalized spacial score (nSPS) is 11.4. The van der Waals surface area contributed by atoms with Crippen molar-refractivity contribution in [3.63, 3.8) is 0 Å². The van der Waals surface area contributed by atoms with E-state index in [1.807, 2.05) is 0 Å². The van der Waals surface area contributed by atoms with Crippen LogP contribution >= 0.6 is 11.3 Å². The number of ether oxygens (including phenoxy) is 1. The predicted octanol–water partition coefficient (Wildman–Crippen LogP) is 1.63. The van der Waals surface area contributed by atoms with Gasteiger partial charge in [0.05, 0.1) is 10.6 Å². The van der Waals surface area contributed by atoms with Crippen LogP contribution in [0.3, 0.4) is 0 Å². The van der Waals surface area contributed by atoms with E-state index in [9.17, 15) is 18.0 Å². The second-order valence-corrected chi connectivity index (χ2v) is 9.87. The lowest BCUT2D eigenvalue weighted by molar-refractivity contribution is -0.124. The average Bonchev–Trinajstić information content (AvgIpc) is 3.18. The maximum absolute atomic E-state index is 12.4. The summed E-state index contributed by atoms with van der Waals surface area (Å²) in [5.41, 5.74) is 0.873. The van der Waals surface area contributed by atoms with Gasteiger partial charge in [-0.2, -0.15) is 0 Å². The summed E-state index contributed by atoms with van der Waals surface area (Å²) in [4.78, 5) is 37.4. The predicted molar refractivity (Wildman–Crippen MR) is 117 cm³/mol. The zero-order valence-corrected chi connectivity index (χ0v) is 19.2. The van der Waals surface area contributed by atoms with Gasteiger partial charge in [0.15, 0.2) is 17.4 Å². The first-order chi connectivity index (χ1) is 15.2. The molecule has 1 N–H and O–H groups in total. The number of aromatic nitrogens is 3. The van der Waals surface area contributed by atoms with Crippen LogP contribution in [0, 0.1) is 6.92 Å². The van der Waals surface area contributed by atoms with Gasteiger partial charge in [0, 0.05) is 33.0 Å². The second-order valence-electron chi connectivity index (χ2n) is 6.75. The first-order valence-corrected chi connectivity index (χ1v) is 11.6. The quantitative estimate of drug-likeness (QED) is 0.486. The van der Waals surface area contributed by atoms with Gasteiger partial charge in [-0.25, -0.2) is 32.5 Å². The van der Waals surface area contributed by atoms with Crippen LogP contribution in [0.2, 0.25) is 0 Å². The Morgan fingerprint density at radius 1 is 1.12 bits per heavy atom. The summed E-state index contributed by atoms with van der Waals surface area (Å²) in [6.45, 7) is 1.10. The number of sulfonamides is 1. The third-order valence-corrected chi connectivity index (χ3v) is 7.33. The summed E-state index contributed by atoms with van der Waals surface area (Å²) < 4.78 is 31.1. The summed E-state index contributed by atoms with van der Waals surface area (Å²) in [6.07, 6.45) is 3.15. The summed E-state index contributed by atoms with van der Waals surface area (Å²) in [7, 11) is -0.799. The third-order valence-electron chi connectivity index (χ3n) is 4.28. The first kappa shape index (κ1) is 23.4. The molecular formula is C20H21N5O5S2. The first-order valence-electron chi connectivity index (χ1n) is 9.39. The van der Waals surface area contributed by atoms with Gasteiger partial charge in [-0.1, -0.05) is 18.2 Å². The maximum atomic E-state index is 12.4. The van der Waals surface area contributed by atoms with Gasteiger partial charge in [0.25, 0.3) is 5.91 Å². The molecule has 0 bridgehead atoms. The molecular weight excluding hydrogens is 454 g/mol. The van der Waals surface area contributed by atoms with Crippen LogP contribution in [0.25, 0.3) is 10.8 Å². The van der Waals surface area contributed by atoms with E-state index in [0.717, 1.165) is 15.6 Å². The molecule has 0 spiro atoms. The van der Waals surface area contributed by atoms with Crippen molar-refractivity contribution in [1.82, 2.24) is 24.6 Å². The standard InChI is InChI=1S/C20H21N5O5S2/c1-13-17(31-19(24-13)18-21-9-6-10-22-18)20(27)30-12-16(26)23-11-14-7-4-5-8-15(14)32(28,29)25(2)3/h4-10H,11-12H2,1-3H3,(H,23,26). The van der Waals surface area contributed by atoms with Gasteiger partial charge in [-0.3, -0.25) is 4.79 Å². The Morgan fingerprint density at radius 3 is 2.50 bits per heavy atom. The molecule has 0 aliphatic rings. The van der Waals surface area contributed by atoms with Crippen LogP contribution in [0.4, 0.5) is 0 Å². The molecule has 2 heterocycles. The second kappa shape index (κ2) is 9.94. The molecule has 0 saturated carbocycles. The lowest BCUT2D eigenvalue weighted by atomic mass is 10.2. The van der Waals surface area contributed by atoms with Crippen molar-refractivity contribution in [3.05, 3.63) is 58.9 Å². The van der Waals surface area contributed by atoms with Gasteiger partial charge in [-0.15, -0.1) is 11.3 Å². The van der Waals surface area contributed by atoms with E-state index in [0.29, 0.717) is 22.1 Å².